The Morgan fingerprint density at radius 2 is 2.17 bits per heavy atom. The van der Waals surface area contributed by atoms with E-state index in [4.69, 9.17) is 26.1 Å². The molecular weight excluding hydrogens is 504 g/mol. The molecule has 1 aromatic carbocycles. The van der Waals surface area contributed by atoms with Gasteiger partial charge in [0.25, 0.3) is 0 Å². The standard InChI is InChI=1S/C25H27ClN4O5S/c1-2-35-25(33)21-18(11-30-15-9-14(10-20(31)32)19(30)13-34-12-15)28-23(24-27-7-8-36-24)29-22(21)16-5-3-4-6-17(16)26/h3-8,14-15,19,22H,2,9-13H2,1H3,(H,28,29)(H,31,32)/t14-,15-,19-,22+/m1/s1. The SMILES string of the molecule is CCOC(=O)C1=C(CN2[C@H]3COC[C@@H]2[C@@H](CC(=O)O)C3)NC(c2nccs2)=N[C@H]1c1ccccc1Cl. The predicted molar refractivity (Wildman–Crippen MR) is 135 cm³/mol. The molecule has 0 radical (unpaired) electrons. The summed E-state index contributed by atoms with van der Waals surface area (Å²) < 4.78 is 11.3. The molecule has 11 heteroatoms. The van der Waals surface area contributed by atoms with Crippen molar-refractivity contribution in [2.75, 3.05) is 26.4 Å². The van der Waals surface area contributed by atoms with Crippen LogP contribution >= 0.6 is 22.9 Å². The summed E-state index contributed by atoms with van der Waals surface area (Å²) in [5.74, 6) is -0.737. The Morgan fingerprint density at radius 1 is 1.33 bits per heavy atom. The van der Waals surface area contributed by atoms with Crippen LogP contribution in [0.3, 0.4) is 0 Å². The molecule has 0 spiro atoms. The van der Waals surface area contributed by atoms with E-state index in [2.05, 4.69) is 15.2 Å². The highest BCUT2D eigenvalue weighted by atomic mass is 35.5. The van der Waals surface area contributed by atoms with Crippen LogP contribution < -0.4 is 5.32 Å². The van der Waals surface area contributed by atoms with E-state index in [1.165, 1.54) is 11.3 Å². The number of halogens is 1. The first-order valence-corrected chi connectivity index (χ1v) is 13.2. The minimum Gasteiger partial charge on any atom is -0.481 e. The van der Waals surface area contributed by atoms with Gasteiger partial charge in [-0.05, 0) is 25.3 Å². The quantitative estimate of drug-likeness (QED) is 0.500. The summed E-state index contributed by atoms with van der Waals surface area (Å²) in [5.41, 5.74) is 1.75. The van der Waals surface area contributed by atoms with Crippen molar-refractivity contribution < 1.29 is 24.2 Å². The molecule has 36 heavy (non-hydrogen) atoms. The third-order valence-electron chi connectivity index (χ3n) is 6.85. The summed E-state index contributed by atoms with van der Waals surface area (Å²) in [4.78, 5) is 36.4. The number of aliphatic carboxylic acids is 1. The number of ether oxygens (including phenoxy) is 2. The Balaban J connectivity index is 1.57. The number of esters is 1. The number of carbonyl (C=O) groups is 2. The van der Waals surface area contributed by atoms with Crippen LogP contribution in [0.5, 0.6) is 0 Å². The zero-order valence-corrected chi connectivity index (χ0v) is 21.3. The zero-order valence-electron chi connectivity index (χ0n) is 19.7. The van der Waals surface area contributed by atoms with Crippen molar-refractivity contribution in [3.63, 3.8) is 0 Å². The average molecular weight is 531 g/mol. The second-order valence-corrected chi connectivity index (χ2v) is 10.3. The summed E-state index contributed by atoms with van der Waals surface area (Å²) in [5, 5.41) is 15.9. The van der Waals surface area contributed by atoms with Gasteiger partial charge in [0.05, 0.1) is 25.4 Å². The topological polar surface area (TPSA) is 113 Å². The number of morpholine rings is 1. The number of hydrogen-bond acceptors (Lipinski definition) is 9. The van der Waals surface area contributed by atoms with Crippen molar-refractivity contribution in [1.82, 2.24) is 15.2 Å². The van der Waals surface area contributed by atoms with Crippen LogP contribution in [0, 0.1) is 5.92 Å². The summed E-state index contributed by atoms with van der Waals surface area (Å²) in [6.45, 7) is 3.36. The lowest BCUT2D eigenvalue weighted by molar-refractivity contribution is -0.139. The molecule has 190 valence electrons. The molecule has 2 fully saturated rings. The highest BCUT2D eigenvalue weighted by Crippen LogP contribution is 2.40. The first-order chi connectivity index (χ1) is 17.5. The number of thiazole rings is 1. The maximum Gasteiger partial charge on any atom is 0.338 e. The van der Waals surface area contributed by atoms with Gasteiger partial charge in [0.2, 0.25) is 0 Å². The van der Waals surface area contributed by atoms with E-state index in [9.17, 15) is 14.7 Å². The number of nitrogens with zero attached hydrogens (tertiary/aromatic N) is 3. The lowest BCUT2D eigenvalue weighted by Crippen LogP contribution is -2.50. The molecule has 0 aliphatic carbocycles. The molecule has 2 saturated heterocycles. The van der Waals surface area contributed by atoms with Crippen molar-refractivity contribution in [3.8, 4) is 0 Å². The average Bonchev–Trinajstić information content (AvgIpc) is 3.44. The van der Waals surface area contributed by atoms with Crippen LogP contribution in [-0.4, -0.2) is 71.2 Å². The van der Waals surface area contributed by atoms with Crippen molar-refractivity contribution in [2.24, 2.45) is 10.9 Å². The van der Waals surface area contributed by atoms with E-state index in [-0.39, 0.29) is 31.0 Å². The van der Waals surface area contributed by atoms with Crippen LogP contribution in [0.25, 0.3) is 0 Å². The number of carbonyl (C=O) groups excluding carboxylic acids is 1. The van der Waals surface area contributed by atoms with Gasteiger partial charge in [-0.2, -0.15) is 0 Å². The van der Waals surface area contributed by atoms with Crippen LogP contribution in [0.2, 0.25) is 5.02 Å². The molecule has 5 rings (SSSR count). The van der Waals surface area contributed by atoms with Gasteiger partial charge in [-0.15, -0.1) is 11.3 Å². The van der Waals surface area contributed by atoms with Gasteiger partial charge in [-0.1, -0.05) is 29.8 Å². The molecule has 0 amide bonds. The molecule has 9 nitrogen and oxygen atoms in total. The second-order valence-electron chi connectivity index (χ2n) is 9.00. The van der Waals surface area contributed by atoms with Crippen LogP contribution in [0.1, 0.15) is 36.4 Å². The number of nitrogens with one attached hydrogen (secondary N) is 1. The van der Waals surface area contributed by atoms with Crippen molar-refractivity contribution in [1.29, 1.82) is 0 Å². The van der Waals surface area contributed by atoms with Crippen LogP contribution in [0.4, 0.5) is 0 Å². The van der Waals surface area contributed by atoms with Crippen molar-refractivity contribution in [2.45, 2.75) is 37.9 Å². The number of hydrogen-bond donors (Lipinski definition) is 2. The molecule has 4 atom stereocenters. The maximum atomic E-state index is 13.4. The molecule has 3 aliphatic rings. The zero-order chi connectivity index (χ0) is 25.2. The molecule has 0 unspecified atom stereocenters. The molecule has 4 heterocycles. The number of aromatic nitrogens is 1. The van der Waals surface area contributed by atoms with Crippen LogP contribution in [0.15, 0.2) is 52.1 Å². The lowest BCUT2D eigenvalue weighted by Gasteiger charge is -2.38. The largest absolute Gasteiger partial charge is 0.481 e. The van der Waals surface area contributed by atoms with E-state index in [1.54, 1.807) is 19.2 Å². The monoisotopic (exact) mass is 530 g/mol. The molecule has 2 bridgehead atoms. The lowest BCUT2D eigenvalue weighted by atomic mass is 9.94. The minimum atomic E-state index is -0.813. The molecule has 2 N–H and O–H groups in total. The van der Waals surface area contributed by atoms with Crippen molar-refractivity contribution >= 4 is 40.7 Å². The number of fused-ring (bicyclic) bond motifs is 2. The van der Waals surface area contributed by atoms with Gasteiger partial charge >= 0.3 is 11.9 Å². The minimum absolute atomic E-state index is 0.0169. The summed E-state index contributed by atoms with van der Waals surface area (Å²) in [7, 11) is 0. The number of amidine groups is 1. The Labute approximate surface area is 217 Å². The van der Waals surface area contributed by atoms with E-state index >= 15 is 0 Å². The summed E-state index contributed by atoms with van der Waals surface area (Å²) >= 11 is 8.03. The fraction of sp³-hybridized carbons (Fsp3) is 0.440. The van der Waals surface area contributed by atoms with Gasteiger partial charge in [0.15, 0.2) is 10.8 Å². The van der Waals surface area contributed by atoms with Gasteiger partial charge in [-0.3, -0.25) is 14.7 Å². The number of carboxylic acids is 1. The van der Waals surface area contributed by atoms with Gasteiger partial charge in [0, 0.05) is 52.9 Å². The highest BCUT2D eigenvalue weighted by molar-refractivity contribution is 7.11. The molecule has 1 aromatic heterocycles. The summed E-state index contributed by atoms with van der Waals surface area (Å²) in [6.07, 6.45) is 2.53. The molecule has 2 aromatic rings. The third-order valence-corrected chi connectivity index (χ3v) is 7.97. The Bertz CT molecular complexity index is 1200. The highest BCUT2D eigenvalue weighted by Gasteiger charge is 2.46. The molecule has 0 saturated carbocycles. The van der Waals surface area contributed by atoms with E-state index in [0.29, 0.717) is 52.5 Å². The third kappa shape index (κ3) is 4.90. The van der Waals surface area contributed by atoms with E-state index in [1.807, 2.05) is 23.6 Å². The van der Waals surface area contributed by atoms with Gasteiger partial charge in [0.1, 0.15) is 6.04 Å². The van der Waals surface area contributed by atoms with Crippen molar-refractivity contribution in [3.05, 3.63) is 62.7 Å². The fourth-order valence-corrected chi connectivity index (χ4v) is 6.14. The normalized spacial score (nSPS) is 25.9. The number of aliphatic imine (C=N–C) groups is 1. The van der Waals surface area contributed by atoms with E-state index < -0.39 is 18.0 Å². The summed E-state index contributed by atoms with van der Waals surface area (Å²) in [6, 6.07) is 6.66. The van der Waals surface area contributed by atoms with Gasteiger partial charge < -0.3 is 19.9 Å². The molecule has 3 aliphatic heterocycles. The number of carboxylic acid groups (broad SMARTS) is 1. The van der Waals surface area contributed by atoms with Gasteiger partial charge in [-0.25, -0.2) is 9.78 Å². The second kappa shape index (κ2) is 10.7. The van der Waals surface area contributed by atoms with Crippen LogP contribution in [-0.2, 0) is 19.1 Å². The first-order valence-electron chi connectivity index (χ1n) is 11.9. The number of benzene rings is 1. The Morgan fingerprint density at radius 3 is 2.89 bits per heavy atom. The predicted octanol–water partition coefficient (Wildman–Crippen LogP) is 3.27. The first kappa shape index (κ1) is 24.9. The fourth-order valence-electron chi connectivity index (χ4n) is 5.32. The smallest absolute Gasteiger partial charge is 0.338 e. The Hall–Kier alpha value is -2.79. The van der Waals surface area contributed by atoms with E-state index in [0.717, 1.165) is 6.42 Å². The number of rotatable bonds is 8. The molecular formula is C25H27ClN4O5S. The maximum absolute atomic E-state index is 13.4. The Kier molecular flexibility index (Phi) is 7.38.